The highest BCUT2D eigenvalue weighted by Gasteiger charge is 2.81. The lowest BCUT2D eigenvalue weighted by molar-refractivity contribution is -0.396. The van der Waals surface area contributed by atoms with Gasteiger partial charge in [0.15, 0.2) is 0 Å². The minimum absolute atomic E-state index is 0.201. The van der Waals surface area contributed by atoms with Crippen LogP contribution in [-0.2, 0) is 4.79 Å². The molecule has 0 rings (SSSR count). The van der Waals surface area contributed by atoms with Crippen molar-refractivity contribution in [2.45, 2.75) is 63.0 Å². The van der Waals surface area contributed by atoms with Gasteiger partial charge in [-0.3, -0.25) is 4.79 Å². The SMILES string of the molecule is CCCC(CCSCCCC(F)(F)C(F)(F)C(F)(F)C(F)(F)F)C(=O)O. The number of hydrogen-bond donors (Lipinski definition) is 1. The van der Waals surface area contributed by atoms with Gasteiger partial charge in [-0.05, 0) is 30.8 Å². The summed E-state index contributed by atoms with van der Waals surface area (Å²) in [6.07, 6.45) is -8.18. The molecule has 0 aliphatic carbocycles. The predicted octanol–water partition coefficient (Wildman–Crippen LogP) is 5.86. The standard InChI is InChI=1S/C14H19F9O2S/c1-2-4-9(10(24)25)5-8-26-7-3-6-11(15,16)12(17,18)13(19,20)14(21,22)23/h9H,2-8H2,1H3,(H,24,25). The average molecular weight is 422 g/mol. The van der Waals surface area contributed by atoms with E-state index >= 15 is 0 Å². The molecule has 0 heterocycles. The van der Waals surface area contributed by atoms with E-state index in [4.69, 9.17) is 5.11 Å². The lowest BCUT2D eigenvalue weighted by Crippen LogP contribution is -2.60. The van der Waals surface area contributed by atoms with E-state index in [1.54, 1.807) is 6.92 Å². The van der Waals surface area contributed by atoms with Crippen LogP contribution in [0.3, 0.4) is 0 Å². The van der Waals surface area contributed by atoms with E-state index in [1.165, 1.54) is 0 Å². The summed E-state index contributed by atoms with van der Waals surface area (Å²) in [5.41, 5.74) is 0. The van der Waals surface area contributed by atoms with Gasteiger partial charge in [0.2, 0.25) is 0 Å². The molecule has 0 bridgehead atoms. The molecule has 0 fully saturated rings. The molecule has 0 aliphatic heterocycles. The first kappa shape index (κ1) is 25.2. The molecule has 156 valence electrons. The Balaban J connectivity index is 4.51. The summed E-state index contributed by atoms with van der Waals surface area (Å²) in [6, 6.07) is 0. The number of rotatable bonds is 12. The fraction of sp³-hybridized carbons (Fsp3) is 0.929. The minimum atomic E-state index is -6.86. The van der Waals surface area contributed by atoms with E-state index in [0.717, 1.165) is 11.8 Å². The van der Waals surface area contributed by atoms with Crippen LogP contribution in [0.15, 0.2) is 0 Å². The van der Waals surface area contributed by atoms with Crippen LogP contribution < -0.4 is 0 Å². The van der Waals surface area contributed by atoms with Crippen LogP contribution in [0.4, 0.5) is 39.5 Å². The molecule has 0 aromatic carbocycles. The number of alkyl halides is 9. The summed E-state index contributed by atoms with van der Waals surface area (Å²) in [5.74, 6) is -20.7. The minimum Gasteiger partial charge on any atom is -0.481 e. The molecule has 0 aromatic heterocycles. The van der Waals surface area contributed by atoms with Crippen molar-refractivity contribution in [1.29, 1.82) is 0 Å². The van der Waals surface area contributed by atoms with Crippen LogP contribution in [-0.4, -0.2) is 46.5 Å². The lowest BCUT2D eigenvalue weighted by atomic mass is 10.00. The van der Waals surface area contributed by atoms with Gasteiger partial charge in [0.1, 0.15) is 0 Å². The van der Waals surface area contributed by atoms with Gasteiger partial charge >= 0.3 is 29.9 Å². The maximum atomic E-state index is 13.3. The van der Waals surface area contributed by atoms with Gasteiger partial charge in [-0.25, -0.2) is 0 Å². The Morgan fingerprint density at radius 1 is 0.923 bits per heavy atom. The Labute approximate surface area is 148 Å². The topological polar surface area (TPSA) is 37.3 Å². The number of carboxylic acids is 1. The maximum absolute atomic E-state index is 13.3. The van der Waals surface area contributed by atoms with E-state index in [2.05, 4.69) is 0 Å². The Morgan fingerprint density at radius 2 is 1.46 bits per heavy atom. The summed E-state index contributed by atoms with van der Waals surface area (Å²) >= 11 is 0.938. The molecule has 0 saturated carbocycles. The Hall–Kier alpha value is -0.810. The Bertz CT molecular complexity index is 452. The molecule has 26 heavy (non-hydrogen) atoms. The van der Waals surface area contributed by atoms with Crippen LogP contribution in [0.1, 0.15) is 39.0 Å². The molecule has 0 spiro atoms. The maximum Gasteiger partial charge on any atom is 0.460 e. The zero-order valence-corrected chi connectivity index (χ0v) is 14.5. The summed E-state index contributed by atoms with van der Waals surface area (Å²) < 4.78 is 114. The number of carboxylic acid groups (broad SMARTS) is 1. The van der Waals surface area contributed by atoms with E-state index in [0.29, 0.717) is 12.8 Å². The van der Waals surface area contributed by atoms with Crippen molar-refractivity contribution in [2.24, 2.45) is 5.92 Å². The van der Waals surface area contributed by atoms with Crippen molar-refractivity contribution in [3.63, 3.8) is 0 Å². The third-order valence-corrected chi connectivity index (χ3v) is 4.69. The Morgan fingerprint density at radius 3 is 1.88 bits per heavy atom. The van der Waals surface area contributed by atoms with E-state index < -0.39 is 48.7 Å². The smallest absolute Gasteiger partial charge is 0.460 e. The van der Waals surface area contributed by atoms with Crippen molar-refractivity contribution in [1.82, 2.24) is 0 Å². The van der Waals surface area contributed by atoms with Gasteiger partial charge in [0.05, 0.1) is 5.92 Å². The normalized spacial score (nSPS) is 15.2. The fourth-order valence-corrected chi connectivity index (χ4v) is 3.03. The third-order valence-electron chi connectivity index (χ3n) is 3.59. The van der Waals surface area contributed by atoms with Crippen LogP contribution in [0.2, 0.25) is 0 Å². The molecule has 0 amide bonds. The highest BCUT2D eigenvalue weighted by atomic mass is 32.2. The molecule has 0 aromatic rings. The largest absolute Gasteiger partial charge is 0.481 e. The summed E-state index contributed by atoms with van der Waals surface area (Å²) in [7, 11) is 0. The van der Waals surface area contributed by atoms with Crippen LogP contribution in [0.5, 0.6) is 0 Å². The first-order valence-electron chi connectivity index (χ1n) is 7.62. The molecule has 1 N–H and O–H groups in total. The monoisotopic (exact) mass is 422 g/mol. The zero-order valence-electron chi connectivity index (χ0n) is 13.7. The molecular weight excluding hydrogens is 403 g/mol. The van der Waals surface area contributed by atoms with Crippen LogP contribution in [0.25, 0.3) is 0 Å². The van der Waals surface area contributed by atoms with Gasteiger partial charge in [-0.2, -0.15) is 51.3 Å². The van der Waals surface area contributed by atoms with Crippen LogP contribution >= 0.6 is 11.8 Å². The molecular formula is C14H19F9O2S. The van der Waals surface area contributed by atoms with Gasteiger partial charge in [0, 0.05) is 6.42 Å². The van der Waals surface area contributed by atoms with Crippen molar-refractivity contribution in [3.05, 3.63) is 0 Å². The number of hydrogen-bond acceptors (Lipinski definition) is 2. The molecule has 1 unspecified atom stereocenters. The lowest BCUT2D eigenvalue weighted by Gasteiger charge is -2.33. The van der Waals surface area contributed by atoms with Crippen molar-refractivity contribution >= 4 is 17.7 Å². The molecule has 0 aliphatic rings. The summed E-state index contributed by atoms with van der Waals surface area (Å²) in [5, 5.41) is 8.89. The summed E-state index contributed by atoms with van der Waals surface area (Å²) in [6.45, 7) is 1.77. The zero-order chi connectivity index (χ0) is 20.8. The van der Waals surface area contributed by atoms with Crippen molar-refractivity contribution in [3.8, 4) is 0 Å². The van der Waals surface area contributed by atoms with Crippen LogP contribution in [0, 0.1) is 5.92 Å². The molecule has 0 radical (unpaired) electrons. The second kappa shape index (κ2) is 9.41. The number of aliphatic carboxylic acids is 1. The van der Waals surface area contributed by atoms with E-state index in [-0.39, 0.29) is 17.9 Å². The van der Waals surface area contributed by atoms with Gasteiger partial charge in [-0.15, -0.1) is 0 Å². The Kier molecular flexibility index (Phi) is 9.11. The number of carbonyl (C=O) groups is 1. The van der Waals surface area contributed by atoms with E-state index in [1.807, 2.05) is 0 Å². The molecule has 0 saturated heterocycles. The average Bonchev–Trinajstić information content (AvgIpc) is 2.47. The second-order valence-electron chi connectivity index (χ2n) is 5.68. The van der Waals surface area contributed by atoms with Gasteiger partial charge in [0.25, 0.3) is 0 Å². The van der Waals surface area contributed by atoms with Gasteiger partial charge in [-0.1, -0.05) is 13.3 Å². The predicted molar refractivity (Wildman–Crippen MR) is 78.1 cm³/mol. The van der Waals surface area contributed by atoms with Crippen molar-refractivity contribution < 1.29 is 49.4 Å². The van der Waals surface area contributed by atoms with Gasteiger partial charge < -0.3 is 5.11 Å². The van der Waals surface area contributed by atoms with Crippen molar-refractivity contribution in [2.75, 3.05) is 11.5 Å². The fourth-order valence-electron chi connectivity index (χ4n) is 2.03. The quantitative estimate of drug-likeness (QED) is 0.316. The highest BCUT2D eigenvalue weighted by Crippen LogP contribution is 2.54. The summed E-state index contributed by atoms with van der Waals surface area (Å²) in [4.78, 5) is 10.9. The molecule has 12 heteroatoms. The highest BCUT2D eigenvalue weighted by molar-refractivity contribution is 7.99. The first-order chi connectivity index (χ1) is 11.6. The third kappa shape index (κ3) is 6.12. The first-order valence-corrected chi connectivity index (χ1v) is 8.78. The number of thioether (sulfide) groups is 1. The number of halogens is 9. The molecule has 2 nitrogen and oxygen atoms in total. The molecule has 1 atom stereocenters. The second-order valence-corrected chi connectivity index (χ2v) is 6.90. The van der Waals surface area contributed by atoms with E-state index in [9.17, 15) is 44.3 Å².